The molecule has 0 aliphatic rings. The summed E-state index contributed by atoms with van der Waals surface area (Å²) in [6, 6.07) is 7.61. The number of aromatic nitrogens is 5. The first kappa shape index (κ1) is 15.8. The Morgan fingerprint density at radius 3 is 2.83 bits per heavy atom. The van der Waals surface area contributed by atoms with E-state index in [0.29, 0.717) is 11.6 Å². The highest BCUT2D eigenvalue weighted by atomic mass is 32.1. The van der Waals surface area contributed by atoms with Crippen molar-refractivity contribution in [3.8, 4) is 5.75 Å². The van der Waals surface area contributed by atoms with E-state index in [9.17, 15) is 4.79 Å². The highest BCUT2D eigenvalue weighted by molar-refractivity contribution is 7.71. The van der Waals surface area contributed by atoms with E-state index in [1.807, 2.05) is 31.2 Å². The quantitative estimate of drug-likeness (QED) is 0.688. The van der Waals surface area contributed by atoms with E-state index >= 15 is 0 Å². The third-order valence-corrected chi connectivity index (χ3v) is 3.41. The van der Waals surface area contributed by atoms with Crippen LogP contribution in [0.1, 0.15) is 21.9 Å². The van der Waals surface area contributed by atoms with Crippen molar-refractivity contribution in [1.82, 2.24) is 24.8 Å². The number of aromatic amines is 1. The molecule has 0 atom stereocenters. The average molecular weight is 342 g/mol. The van der Waals surface area contributed by atoms with Crippen molar-refractivity contribution in [3.05, 3.63) is 64.7 Å². The summed E-state index contributed by atoms with van der Waals surface area (Å²) in [6.07, 6.45) is 4.29. The van der Waals surface area contributed by atoms with E-state index in [1.165, 1.54) is 23.3 Å². The molecule has 0 aliphatic carbocycles. The van der Waals surface area contributed by atoms with Gasteiger partial charge in [0.2, 0.25) is 4.77 Å². The first-order chi connectivity index (χ1) is 11.6. The monoisotopic (exact) mass is 342 g/mol. The number of nitrogens with one attached hydrogen (secondary N) is 2. The number of H-pyrrole nitrogens is 1. The lowest BCUT2D eigenvalue weighted by molar-refractivity contribution is 0.100. The zero-order valence-electron chi connectivity index (χ0n) is 12.8. The summed E-state index contributed by atoms with van der Waals surface area (Å²) in [6.45, 7) is 2.13. The fourth-order valence-corrected chi connectivity index (χ4v) is 2.10. The van der Waals surface area contributed by atoms with Crippen LogP contribution in [0.4, 0.5) is 0 Å². The Morgan fingerprint density at radius 2 is 2.12 bits per heavy atom. The summed E-state index contributed by atoms with van der Waals surface area (Å²) in [5, 5.41) is 6.69. The minimum Gasteiger partial charge on any atom is -0.486 e. The number of amides is 1. The Balaban J connectivity index is 1.73. The van der Waals surface area contributed by atoms with Gasteiger partial charge in [-0.15, -0.1) is 0 Å². The van der Waals surface area contributed by atoms with Crippen LogP contribution in [0.15, 0.2) is 42.9 Å². The lowest BCUT2D eigenvalue weighted by Gasteiger charge is -2.09. The Labute approximate surface area is 142 Å². The number of carbonyl (C=O) groups is 1. The Morgan fingerprint density at radius 1 is 1.33 bits per heavy atom. The fourth-order valence-electron chi connectivity index (χ4n) is 1.90. The summed E-state index contributed by atoms with van der Waals surface area (Å²) < 4.78 is 7.25. The first-order valence-electron chi connectivity index (χ1n) is 7.06. The third-order valence-electron chi connectivity index (χ3n) is 3.14. The second-order valence-corrected chi connectivity index (χ2v) is 5.30. The molecule has 0 aliphatic heterocycles. The van der Waals surface area contributed by atoms with E-state index in [-0.39, 0.29) is 17.1 Å². The van der Waals surface area contributed by atoms with Crippen LogP contribution < -0.4 is 10.2 Å². The number of benzene rings is 1. The van der Waals surface area contributed by atoms with Gasteiger partial charge in [-0.1, -0.05) is 17.7 Å². The lowest BCUT2D eigenvalue weighted by atomic mass is 10.2. The number of hydrogen-bond acceptors (Lipinski definition) is 6. The molecule has 0 bridgehead atoms. The second-order valence-electron chi connectivity index (χ2n) is 4.91. The molecule has 8 nitrogen and oxygen atoms in total. The van der Waals surface area contributed by atoms with Crippen molar-refractivity contribution < 1.29 is 9.53 Å². The highest BCUT2D eigenvalue weighted by Crippen LogP contribution is 2.13. The SMILES string of the molecule is Cc1ccc(OCc2n[nH]c(=S)n2NC(=O)c2cnccn2)cc1. The van der Waals surface area contributed by atoms with Gasteiger partial charge in [0.25, 0.3) is 5.91 Å². The normalized spacial score (nSPS) is 10.4. The molecule has 2 N–H and O–H groups in total. The molecule has 3 rings (SSSR count). The van der Waals surface area contributed by atoms with Crippen molar-refractivity contribution in [2.75, 3.05) is 5.43 Å². The van der Waals surface area contributed by atoms with Gasteiger partial charge in [-0.05, 0) is 31.3 Å². The number of rotatable bonds is 5. The van der Waals surface area contributed by atoms with Gasteiger partial charge in [0.05, 0.1) is 6.20 Å². The van der Waals surface area contributed by atoms with Crippen LogP contribution in [-0.2, 0) is 6.61 Å². The van der Waals surface area contributed by atoms with E-state index < -0.39 is 5.91 Å². The predicted molar refractivity (Wildman–Crippen MR) is 88.6 cm³/mol. The maximum absolute atomic E-state index is 12.2. The molecule has 0 unspecified atom stereocenters. The van der Waals surface area contributed by atoms with E-state index in [2.05, 4.69) is 25.6 Å². The zero-order valence-corrected chi connectivity index (χ0v) is 13.6. The lowest BCUT2D eigenvalue weighted by Crippen LogP contribution is -2.26. The van der Waals surface area contributed by atoms with Gasteiger partial charge in [-0.2, -0.15) is 5.10 Å². The minimum absolute atomic E-state index is 0.136. The molecule has 9 heteroatoms. The van der Waals surface area contributed by atoms with Gasteiger partial charge in [0.15, 0.2) is 5.82 Å². The summed E-state index contributed by atoms with van der Waals surface area (Å²) in [4.78, 5) is 20.0. The van der Waals surface area contributed by atoms with Crippen LogP contribution in [0, 0.1) is 11.7 Å². The molecule has 122 valence electrons. The maximum atomic E-state index is 12.2. The molecule has 24 heavy (non-hydrogen) atoms. The molecule has 0 saturated heterocycles. The summed E-state index contributed by atoms with van der Waals surface area (Å²) in [7, 11) is 0. The molecule has 0 saturated carbocycles. The van der Waals surface area contributed by atoms with Crippen LogP contribution in [-0.4, -0.2) is 30.7 Å². The molecular formula is C15H14N6O2S. The van der Waals surface area contributed by atoms with Crippen LogP contribution in [0.3, 0.4) is 0 Å². The molecule has 1 aromatic carbocycles. The van der Waals surface area contributed by atoms with Gasteiger partial charge in [-0.3, -0.25) is 20.3 Å². The second kappa shape index (κ2) is 7.01. The van der Waals surface area contributed by atoms with E-state index in [1.54, 1.807) is 0 Å². The van der Waals surface area contributed by atoms with Crippen LogP contribution in [0.25, 0.3) is 0 Å². The first-order valence-corrected chi connectivity index (χ1v) is 7.47. The minimum atomic E-state index is -0.447. The molecule has 3 aromatic rings. The summed E-state index contributed by atoms with van der Waals surface area (Å²) in [5.41, 5.74) is 3.93. The molecule has 1 amide bonds. The van der Waals surface area contributed by atoms with Crippen molar-refractivity contribution in [2.45, 2.75) is 13.5 Å². The smallest absolute Gasteiger partial charge is 0.290 e. The van der Waals surface area contributed by atoms with Gasteiger partial charge < -0.3 is 4.74 Å². The topological polar surface area (TPSA) is 97.7 Å². The molecule has 0 fully saturated rings. The van der Waals surface area contributed by atoms with Crippen molar-refractivity contribution in [3.63, 3.8) is 0 Å². The Kier molecular flexibility index (Phi) is 4.62. The zero-order chi connectivity index (χ0) is 16.9. The fraction of sp³-hybridized carbons (Fsp3) is 0.133. The molecule has 0 spiro atoms. The molecule has 2 heterocycles. The Hall–Kier alpha value is -3.07. The average Bonchev–Trinajstić information content (AvgIpc) is 2.95. The number of nitrogens with zero attached hydrogens (tertiary/aromatic N) is 4. The highest BCUT2D eigenvalue weighted by Gasteiger charge is 2.13. The molecular weight excluding hydrogens is 328 g/mol. The van der Waals surface area contributed by atoms with Crippen molar-refractivity contribution in [2.24, 2.45) is 0 Å². The van der Waals surface area contributed by atoms with Gasteiger partial charge in [0.1, 0.15) is 18.1 Å². The number of hydrogen-bond donors (Lipinski definition) is 2. The Bertz CT molecular complexity index is 888. The largest absolute Gasteiger partial charge is 0.486 e. The molecule has 0 radical (unpaired) electrons. The van der Waals surface area contributed by atoms with Gasteiger partial charge in [-0.25, -0.2) is 9.66 Å². The van der Waals surface area contributed by atoms with E-state index in [4.69, 9.17) is 17.0 Å². The molecule has 2 aromatic heterocycles. The summed E-state index contributed by atoms with van der Waals surface area (Å²) in [5.74, 6) is 0.677. The van der Waals surface area contributed by atoms with Crippen LogP contribution >= 0.6 is 12.2 Å². The number of carbonyl (C=O) groups excluding carboxylic acids is 1. The third kappa shape index (κ3) is 3.63. The standard InChI is InChI=1S/C15H14N6O2S/c1-10-2-4-11(5-3-10)23-9-13-18-19-15(24)21(13)20-14(22)12-8-16-6-7-17-12/h2-8H,9H2,1H3,(H,19,24)(H,20,22). The summed E-state index contributed by atoms with van der Waals surface area (Å²) >= 11 is 5.13. The van der Waals surface area contributed by atoms with Crippen molar-refractivity contribution in [1.29, 1.82) is 0 Å². The van der Waals surface area contributed by atoms with E-state index in [0.717, 1.165) is 5.56 Å². The van der Waals surface area contributed by atoms with Gasteiger partial charge >= 0.3 is 0 Å². The number of aryl methyl sites for hydroxylation is 1. The van der Waals surface area contributed by atoms with Crippen LogP contribution in [0.2, 0.25) is 0 Å². The maximum Gasteiger partial charge on any atom is 0.290 e. The number of ether oxygens (including phenoxy) is 1. The van der Waals surface area contributed by atoms with Gasteiger partial charge in [0, 0.05) is 12.4 Å². The predicted octanol–water partition coefficient (Wildman–Crippen LogP) is 2.00. The van der Waals surface area contributed by atoms with Crippen LogP contribution in [0.5, 0.6) is 5.75 Å². The van der Waals surface area contributed by atoms with Crippen molar-refractivity contribution >= 4 is 18.1 Å².